The highest BCUT2D eigenvalue weighted by Crippen LogP contribution is 2.17. The maximum atomic E-state index is 9.14. The second-order valence-corrected chi connectivity index (χ2v) is 4.38. The first-order chi connectivity index (χ1) is 8.33. The quantitative estimate of drug-likeness (QED) is 0.865. The van der Waals surface area contributed by atoms with Crippen molar-refractivity contribution in [2.75, 3.05) is 24.6 Å². The van der Waals surface area contributed by atoms with E-state index < -0.39 is 0 Å². The summed E-state index contributed by atoms with van der Waals surface area (Å²) in [6.45, 7) is 4.90. The van der Waals surface area contributed by atoms with Crippen molar-refractivity contribution in [2.24, 2.45) is 0 Å². The molecular weight excluding hydrogens is 216 g/mol. The molecule has 0 radical (unpaired) electrons. The van der Waals surface area contributed by atoms with Gasteiger partial charge in [-0.1, -0.05) is 6.92 Å². The van der Waals surface area contributed by atoms with Gasteiger partial charge in [-0.05, 0) is 30.5 Å². The van der Waals surface area contributed by atoms with Crippen molar-refractivity contribution in [3.63, 3.8) is 0 Å². The minimum atomic E-state index is 0.0665. The van der Waals surface area contributed by atoms with E-state index in [1.165, 1.54) is 0 Å². The lowest BCUT2D eigenvalue weighted by atomic mass is 10.2. The summed E-state index contributed by atoms with van der Waals surface area (Å²) in [6.07, 6.45) is 4.10. The maximum Gasteiger partial charge on any atom is 0.128 e. The summed E-state index contributed by atoms with van der Waals surface area (Å²) in [7, 11) is 0. The molecule has 1 N–H and O–H groups in total. The molecule has 1 saturated heterocycles. The minimum absolute atomic E-state index is 0.0665. The van der Waals surface area contributed by atoms with E-state index in [1.54, 1.807) is 6.20 Å². The molecule has 2 rings (SSSR count). The number of nitrogens with zero attached hydrogens (tertiary/aromatic N) is 2. The first-order valence-corrected chi connectivity index (χ1v) is 6.25. The molecule has 17 heavy (non-hydrogen) atoms. The molecular formula is C13H20N2O2. The smallest absolute Gasteiger partial charge is 0.128 e. The molecule has 1 unspecified atom stereocenters. The van der Waals surface area contributed by atoms with E-state index in [2.05, 4.69) is 16.8 Å². The SMILES string of the molecule is CCC1CN(c2cc(CO)ccn2)CCCO1. The van der Waals surface area contributed by atoms with Gasteiger partial charge in [0.05, 0.1) is 12.7 Å². The molecule has 1 aromatic rings. The van der Waals surface area contributed by atoms with Crippen LogP contribution in [0.25, 0.3) is 0 Å². The Labute approximate surface area is 102 Å². The van der Waals surface area contributed by atoms with Crippen molar-refractivity contribution in [1.82, 2.24) is 4.98 Å². The monoisotopic (exact) mass is 236 g/mol. The maximum absolute atomic E-state index is 9.14. The third kappa shape index (κ3) is 3.17. The van der Waals surface area contributed by atoms with Gasteiger partial charge in [-0.25, -0.2) is 4.98 Å². The predicted molar refractivity (Wildman–Crippen MR) is 67.0 cm³/mol. The lowest BCUT2D eigenvalue weighted by molar-refractivity contribution is 0.0664. The number of pyridine rings is 1. The van der Waals surface area contributed by atoms with Crippen molar-refractivity contribution in [1.29, 1.82) is 0 Å². The average Bonchev–Trinajstić information content (AvgIpc) is 2.64. The van der Waals surface area contributed by atoms with Gasteiger partial charge in [0.15, 0.2) is 0 Å². The molecule has 4 nitrogen and oxygen atoms in total. The van der Waals surface area contributed by atoms with Crippen molar-refractivity contribution < 1.29 is 9.84 Å². The third-order valence-corrected chi connectivity index (χ3v) is 3.12. The second kappa shape index (κ2) is 5.98. The van der Waals surface area contributed by atoms with Gasteiger partial charge in [0.25, 0.3) is 0 Å². The zero-order chi connectivity index (χ0) is 12.1. The van der Waals surface area contributed by atoms with Crippen molar-refractivity contribution in [2.45, 2.75) is 32.5 Å². The van der Waals surface area contributed by atoms with Crippen molar-refractivity contribution in [3.05, 3.63) is 23.9 Å². The summed E-state index contributed by atoms with van der Waals surface area (Å²) in [5.74, 6) is 0.945. The molecule has 0 saturated carbocycles. The lowest BCUT2D eigenvalue weighted by Gasteiger charge is -2.24. The highest BCUT2D eigenvalue weighted by Gasteiger charge is 2.18. The first-order valence-electron chi connectivity index (χ1n) is 6.25. The number of aliphatic hydroxyl groups is 1. The summed E-state index contributed by atoms with van der Waals surface area (Å²) >= 11 is 0. The zero-order valence-electron chi connectivity index (χ0n) is 10.3. The average molecular weight is 236 g/mol. The Kier molecular flexibility index (Phi) is 4.34. The molecule has 0 aromatic carbocycles. The highest BCUT2D eigenvalue weighted by atomic mass is 16.5. The molecule has 1 aliphatic heterocycles. The normalized spacial score (nSPS) is 21.3. The van der Waals surface area contributed by atoms with Crippen LogP contribution in [0.3, 0.4) is 0 Å². The van der Waals surface area contributed by atoms with E-state index in [1.807, 2.05) is 12.1 Å². The first kappa shape index (κ1) is 12.3. The van der Waals surface area contributed by atoms with Gasteiger partial charge < -0.3 is 14.7 Å². The zero-order valence-corrected chi connectivity index (χ0v) is 10.3. The molecule has 0 bridgehead atoms. The third-order valence-electron chi connectivity index (χ3n) is 3.12. The lowest BCUT2D eigenvalue weighted by Crippen LogP contribution is -2.32. The Hall–Kier alpha value is -1.13. The molecule has 0 spiro atoms. The van der Waals surface area contributed by atoms with E-state index in [0.717, 1.165) is 43.9 Å². The van der Waals surface area contributed by atoms with Gasteiger partial charge in [-0.15, -0.1) is 0 Å². The Morgan fingerprint density at radius 3 is 3.24 bits per heavy atom. The van der Waals surface area contributed by atoms with E-state index in [0.29, 0.717) is 0 Å². The van der Waals surface area contributed by atoms with Gasteiger partial charge in [0.1, 0.15) is 5.82 Å². The highest BCUT2D eigenvalue weighted by molar-refractivity contribution is 5.41. The van der Waals surface area contributed by atoms with Crippen LogP contribution in [-0.2, 0) is 11.3 Å². The topological polar surface area (TPSA) is 45.6 Å². The van der Waals surface area contributed by atoms with Gasteiger partial charge >= 0.3 is 0 Å². The van der Waals surface area contributed by atoms with E-state index in [9.17, 15) is 0 Å². The number of ether oxygens (including phenoxy) is 1. The summed E-state index contributed by atoms with van der Waals surface area (Å²) in [5, 5.41) is 9.14. The summed E-state index contributed by atoms with van der Waals surface area (Å²) < 4.78 is 5.74. The summed E-state index contributed by atoms with van der Waals surface area (Å²) in [6, 6.07) is 3.80. The van der Waals surface area contributed by atoms with E-state index >= 15 is 0 Å². The van der Waals surface area contributed by atoms with Gasteiger partial charge in [-0.2, -0.15) is 0 Å². The Morgan fingerprint density at radius 2 is 2.47 bits per heavy atom. The van der Waals surface area contributed by atoms with Crippen LogP contribution in [0.2, 0.25) is 0 Å². The summed E-state index contributed by atoms with van der Waals surface area (Å²) in [4.78, 5) is 6.63. The standard InChI is InChI=1S/C13H20N2O2/c1-2-12-9-15(6-3-7-17-12)13-8-11(10-16)4-5-14-13/h4-5,8,12,16H,2-3,6-7,9-10H2,1H3. The Balaban J connectivity index is 2.13. The van der Waals surface area contributed by atoms with Crippen LogP contribution in [0, 0.1) is 0 Å². The Morgan fingerprint density at radius 1 is 1.59 bits per heavy atom. The number of anilines is 1. The molecule has 1 aromatic heterocycles. The van der Waals surface area contributed by atoms with Crippen molar-refractivity contribution >= 4 is 5.82 Å². The van der Waals surface area contributed by atoms with E-state index in [-0.39, 0.29) is 12.7 Å². The van der Waals surface area contributed by atoms with Crippen LogP contribution in [0.5, 0.6) is 0 Å². The fraction of sp³-hybridized carbons (Fsp3) is 0.615. The Bertz CT molecular complexity index is 357. The van der Waals surface area contributed by atoms with Crippen LogP contribution in [-0.4, -0.2) is 35.9 Å². The number of hydrogen-bond donors (Lipinski definition) is 1. The van der Waals surface area contributed by atoms with Crippen LogP contribution in [0.15, 0.2) is 18.3 Å². The van der Waals surface area contributed by atoms with Crippen LogP contribution in [0.1, 0.15) is 25.3 Å². The largest absolute Gasteiger partial charge is 0.392 e. The van der Waals surface area contributed by atoms with Crippen LogP contribution < -0.4 is 4.90 Å². The number of hydrogen-bond acceptors (Lipinski definition) is 4. The second-order valence-electron chi connectivity index (χ2n) is 4.38. The molecule has 0 aliphatic carbocycles. The molecule has 4 heteroatoms. The van der Waals surface area contributed by atoms with Gasteiger partial charge in [-0.3, -0.25) is 0 Å². The molecule has 94 valence electrons. The molecule has 1 aliphatic rings. The van der Waals surface area contributed by atoms with Gasteiger partial charge in [0, 0.05) is 25.9 Å². The minimum Gasteiger partial charge on any atom is -0.392 e. The fourth-order valence-corrected chi connectivity index (χ4v) is 2.08. The van der Waals surface area contributed by atoms with Crippen LogP contribution in [0.4, 0.5) is 5.82 Å². The number of aromatic nitrogens is 1. The predicted octanol–water partition coefficient (Wildman–Crippen LogP) is 1.58. The summed E-state index contributed by atoms with van der Waals surface area (Å²) in [5.41, 5.74) is 0.910. The van der Waals surface area contributed by atoms with Gasteiger partial charge in [0.2, 0.25) is 0 Å². The number of aliphatic hydroxyl groups excluding tert-OH is 1. The fourth-order valence-electron chi connectivity index (χ4n) is 2.08. The molecule has 1 fully saturated rings. The number of rotatable bonds is 3. The van der Waals surface area contributed by atoms with Crippen LogP contribution >= 0.6 is 0 Å². The van der Waals surface area contributed by atoms with Crippen molar-refractivity contribution in [3.8, 4) is 0 Å². The van der Waals surface area contributed by atoms with E-state index in [4.69, 9.17) is 9.84 Å². The molecule has 2 heterocycles. The molecule has 0 amide bonds. The molecule has 1 atom stereocenters.